The van der Waals surface area contributed by atoms with Crippen molar-refractivity contribution in [3.8, 4) is 5.75 Å². The Bertz CT molecular complexity index is 519. The highest BCUT2D eigenvalue weighted by Gasteiger charge is 2.08. The number of rotatable bonds is 7. The number of nitrogens with one attached hydrogen (secondary N) is 1. The summed E-state index contributed by atoms with van der Waals surface area (Å²) in [4.78, 5) is 0. The molecule has 0 radical (unpaired) electrons. The van der Waals surface area contributed by atoms with Gasteiger partial charge in [0.05, 0.1) is 13.3 Å². The molecular formula is C16H23N3O. The zero-order chi connectivity index (χ0) is 14.4. The molecule has 0 amide bonds. The topological polar surface area (TPSA) is 39.1 Å². The van der Waals surface area contributed by atoms with Gasteiger partial charge in [0.25, 0.3) is 0 Å². The van der Waals surface area contributed by atoms with Crippen LogP contribution in [0.5, 0.6) is 5.75 Å². The molecule has 20 heavy (non-hydrogen) atoms. The van der Waals surface area contributed by atoms with E-state index < -0.39 is 0 Å². The minimum absolute atomic E-state index is 0.387. The minimum Gasteiger partial charge on any atom is -0.497 e. The van der Waals surface area contributed by atoms with Crippen molar-refractivity contribution in [1.82, 2.24) is 15.1 Å². The number of hydrogen-bond acceptors (Lipinski definition) is 3. The van der Waals surface area contributed by atoms with E-state index in [9.17, 15) is 0 Å². The van der Waals surface area contributed by atoms with Gasteiger partial charge in [0.15, 0.2) is 0 Å². The SMILES string of the molecule is CCC(NCCc1cnn(C)c1)c1ccc(OC)cc1. The Hall–Kier alpha value is -1.81. The van der Waals surface area contributed by atoms with Crippen LogP contribution in [0.2, 0.25) is 0 Å². The summed E-state index contributed by atoms with van der Waals surface area (Å²) < 4.78 is 7.04. The first kappa shape index (κ1) is 14.6. The van der Waals surface area contributed by atoms with Gasteiger partial charge in [-0.15, -0.1) is 0 Å². The van der Waals surface area contributed by atoms with Crippen LogP contribution in [0.25, 0.3) is 0 Å². The second kappa shape index (κ2) is 7.10. The van der Waals surface area contributed by atoms with Gasteiger partial charge in [0.1, 0.15) is 5.75 Å². The van der Waals surface area contributed by atoms with Crippen LogP contribution in [0.4, 0.5) is 0 Å². The number of aromatic nitrogens is 2. The summed E-state index contributed by atoms with van der Waals surface area (Å²) in [5.41, 5.74) is 2.57. The Morgan fingerprint density at radius 1 is 1.30 bits per heavy atom. The first-order valence-electron chi connectivity index (χ1n) is 7.07. The lowest BCUT2D eigenvalue weighted by Gasteiger charge is -2.17. The van der Waals surface area contributed by atoms with E-state index in [0.29, 0.717) is 6.04 Å². The molecule has 0 bridgehead atoms. The zero-order valence-corrected chi connectivity index (χ0v) is 12.5. The third kappa shape index (κ3) is 3.84. The number of hydrogen-bond donors (Lipinski definition) is 1. The van der Waals surface area contributed by atoms with Crippen LogP contribution < -0.4 is 10.1 Å². The summed E-state index contributed by atoms with van der Waals surface area (Å²) >= 11 is 0. The summed E-state index contributed by atoms with van der Waals surface area (Å²) in [5, 5.41) is 7.79. The van der Waals surface area contributed by atoms with Crippen molar-refractivity contribution < 1.29 is 4.74 Å². The van der Waals surface area contributed by atoms with Crippen molar-refractivity contribution in [3.05, 3.63) is 47.8 Å². The lowest BCUT2D eigenvalue weighted by molar-refractivity contribution is 0.414. The summed E-state index contributed by atoms with van der Waals surface area (Å²) in [5.74, 6) is 0.902. The van der Waals surface area contributed by atoms with Gasteiger partial charge in [-0.1, -0.05) is 19.1 Å². The largest absolute Gasteiger partial charge is 0.497 e. The Morgan fingerprint density at radius 2 is 2.05 bits per heavy atom. The number of benzene rings is 1. The van der Waals surface area contributed by atoms with Crippen molar-refractivity contribution in [2.45, 2.75) is 25.8 Å². The summed E-state index contributed by atoms with van der Waals surface area (Å²) in [6.45, 7) is 3.15. The summed E-state index contributed by atoms with van der Waals surface area (Å²) in [6.07, 6.45) is 6.06. The van der Waals surface area contributed by atoms with E-state index in [-0.39, 0.29) is 0 Å². The highest BCUT2D eigenvalue weighted by Crippen LogP contribution is 2.19. The number of ether oxygens (including phenoxy) is 1. The van der Waals surface area contributed by atoms with Crippen LogP contribution >= 0.6 is 0 Å². The van der Waals surface area contributed by atoms with E-state index >= 15 is 0 Å². The molecule has 1 aromatic carbocycles. The smallest absolute Gasteiger partial charge is 0.118 e. The first-order valence-corrected chi connectivity index (χ1v) is 7.07. The molecule has 0 aliphatic rings. The maximum Gasteiger partial charge on any atom is 0.118 e. The molecule has 1 aromatic heterocycles. The fourth-order valence-corrected chi connectivity index (χ4v) is 2.33. The molecule has 108 valence electrons. The van der Waals surface area contributed by atoms with Gasteiger partial charge in [-0.25, -0.2) is 0 Å². The second-order valence-corrected chi connectivity index (χ2v) is 4.96. The predicted molar refractivity (Wildman–Crippen MR) is 80.9 cm³/mol. The molecule has 1 N–H and O–H groups in total. The third-order valence-corrected chi connectivity index (χ3v) is 3.49. The van der Waals surface area contributed by atoms with Gasteiger partial charge in [-0.3, -0.25) is 4.68 Å². The van der Waals surface area contributed by atoms with Crippen LogP contribution in [0.3, 0.4) is 0 Å². The molecule has 2 rings (SSSR count). The van der Waals surface area contributed by atoms with E-state index in [1.807, 2.05) is 30.1 Å². The Labute approximate surface area is 120 Å². The van der Waals surface area contributed by atoms with Crippen LogP contribution in [-0.4, -0.2) is 23.4 Å². The maximum atomic E-state index is 5.19. The highest BCUT2D eigenvalue weighted by atomic mass is 16.5. The number of methoxy groups -OCH3 is 1. The van der Waals surface area contributed by atoms with E-state index in [1.54, 1.807) is 7.11 Å². The molecule has 0 spiro atoms. The molecule has 1 atom stereocenters. The van der Waals surface area contributed by atoms with Crippen LogP contribution in [0.1, 0.15) is 30.5 Å². The van der Waals surface area contributed by atoms with Crippen molar-refractivity contribution >= 4 is 0 Å². The number of nitrogens with zero attached hydrogens (tertiary/aromatic N) is 2. The third-order valence-electron chi connectivity index (χ3n) is 3.49. The van der Waals surface area contributed by atoms with Gasteiger partial charge in [0.2, 0.25) is 0 Å². The van der Waals surface area contributed by atoms with Crippen molar-refractivity contribution in [3.63, 3.8) is 0 Å². The maximum absolute atomic E-state index is 5.19. The van der Waals surface area contributed by atoms with Crippen molar-refractivity contribution in [1.29, 1.82) is 0 Å². The fourth-order valence-electron chi connectivity index (χ4n) is 2.33. The molecule has 1 heterocycles. The monoisotopic (exact) mass is 273 g/mol. The Morgan fingerprint density at radius 3 is 2.60 bits per heavy atom. The fraction of sp³-hybridized carbons (Fsp3) is 0.438. The molecule has 4 nitrogen and oxygen atoms in total. The number of aryl methyl sites for hydroxylation is 1. The molecular weight excluding hydrogens is 250 g/mol. The van der Waals surface area contributed by atoms with E-state index in [1.165, 1.54) is 11.1 Å². The van der Waals surface area contributed by atoms with Gasteiger partial charge in [-0.05, 0) is 42.6 Å². The molecule has 0 fully saturated rings. The van der Waals surface area contributed by atoms with Crippen molar-refractivity contribution in [2.24, 2.45) is 7.05 Å². The van der Waals surface area contributed by atoms with Gasteiger partial charge in [-0.2, -0.15) is 5.10 Å². The lowest BCUT2D eigenvalue weighted by Crippen LogP contribution is -2.23. The van der Waals surface area contributed by atoms with Crippen LogP contribution in [0.15, 0.2) is 36.7 Å². The van der Waals surface area contributed by atoms with Crippen LogP contribution in [-0.2, 0) is 13.5 Å². The van der Waals surface area contributed by atoms with Crippen LogP contribution in [0, 0.1) is 0 Å². The standard InChI is InChI=1S/C16H23N3O/c1-4-16(14-5-7-15(20-3)8-6-14)17-10-9-13-11-18-19(2)12-13/h5-8,11-12,16-17H,4,9-10H2,1-3H3. The Kier molecular flexibility index (Phi) is 5.18. The molecule has 4 heteroatoms. The average Bonchev–Trinajstić information content (AvgIpc) is 2.89. The van der Waals surface area contributed by atoms with Crippen molar-refractivity contribution in [2.75, 3.05) is 13.7 Å². The molecule has 0 aliphatic carbocycles. The summed E-state index contributed by atoms with van der Waals surface area (Å²) in [6, 6.07) is 8.67. The second-order valence-electron chi connectivity index (χ2n) is 4.96. The Balaban J connectivity index is 1.88. The molecule has 2 aromatic rings. The lowest BCUT2D eigenvalue weighted by atomic mass is 10.0. The zero-order valence-electron chi connectivity index (χ0n) is 12.5. The predicted octanol–water partition coefficient (Wildman–Crippen LogP) is 2.71. The molecule has 0 saturated heterocycles. The van der Waals surface area contributed by atoms with E-state index in [0.717, 1.165) is 25.1 Å². The quantitative estimate of drug-likeness (QED) is 0.843. The molecule has 1 unspecified atom stereocenters. The van der Waals surface area contributed by atoms with Gasteiger partial charge < -0.3 is 10.1 Å². The normalized spacial score (nSPS) is 12.3. The van der Waals surface area contributed by atoms with E-state index in [4.69, 9.17) is 4.74 Å². The first-order chi connectivity index (χ1) is 9.72. The van der Waals surface area contributed by atoms with E-state index in [2.05, 4.69) is 35.7 Å². The van der Waals surface area contributed by atoms with Gasteiger partial charge in [0, 0.05) is 19.3 Å². The minimum atomic E-state index is 0.387. The summed E-state index contributed by atoms with van der Waals surface area (Å²) in [7, 11) is 3.64. The average molecular weight is 273 g/mol. The highest BCUT2D eigenvalue weighted by molar-refractivity contribution is 5.29. The van der Waals surface area contributed by atoms with Gasteiger partial charge >= 0.3 is 0 Å². The molecule has 0 saturated carbocycles. The molecule has 0 aliphatic heterocycles.